The molecule has 3 rings (SSSR count). The summed E-state index contributed by atoms with van der Waals surface area (Å²) in [7, 11) is 0. The Bertz CT molecular complexity index is 176. The van der Waals surface area contributed by atoms with Crippen molar-refractivity contribution in [3.8, 4) is 0 Å². The third-order valence-corrected chi connectivity index (χ3v) is 5.06. The average molecular weight is 164 g/mol. The molecule has 3 fully saturated rings. The second kappa shape index (κ2) is 2.49. The van der Waals surface area contributed by atoms with Crippen LogP contribution in [0, 0.1) is 17.3 Å². The molecule has 0 amide bonds. The molecule has 0 N–H and O–H groups in total. The van der Waals surface area contributed by atoms with Crippen molar-refractivity contribution in [1.82, 2.24) is 0 Å². The maximum Gasteiger partial charge on any atom is -0.0266 e. The lowest BCUT2D eigenvalue weighted by Gasteiger charge is -2.30. The molecule has 12 heavy (non-hydrogen) atoms. The van der Waals surface area contributed by atoms with Gasteiger partial charge in [0.2, 0.25) is 0 Å². The first kappa shape index (κ1) is 7.41. The van der Waals surface area contributed by atoms with Crippen molar-refractivity contribution in [1.29, 1.82) is 0 Å². The number of hydrogen-bond donors (Lipinski definition) is 0. The molecule has 0 aromatic carbocycles. The van der Waals surface area contributed by atoms with Crippen molar-refractivity contribution in [3.63, 3.8) is 0 Å². The van der Waals surface area contributed by atoms with Gasteiger partial charge in [0.25, 0.3) is 0 Å². The predicted octanol–water partition coefficient (Wildman–Crippen LogP) is 3.76. The van der Waals surface area contributed by atoms with Crippen LogP contribution in [0.5, 0.6) is 0 Å². The molecule has 1 spiro atoms. The van der Waals surface area contributed by atoms with Gasteiger partial charge in [-0.3, -0.25) is 0 Å². The highest BCUT2D eigenvalue weighted by atomic mass is 14.6. The predicted molar refractivity (Wildman–Crippen MR) is 51.0 cm³/mol. The summed E-state index contributed by atoms with van der Waals surface area (Å²) >= 11 is 0. The lowest BCUT2D eigenvalue weighted by Crippen LogP contribution is -2.22. The molecular weight excluding hydrogens is 144 g/mol. The number of rotatable bonds is 0. The molecule has 0 aromatic heterocycles. The van der Waals surface area contributed by atoms with Crippen LogP contribution in [0.3, 0.4) is 0 Å². The van der Waals surface area contributed by atoms with Crippen LogP contribution in [0.25, 0.3) is 0 Å². The highest BCUT2D eigenvalue weighted by Gasteiger charge is 2.50. The summed E-state index contributed by atoms with van der Waals surface area (Å²) in [6.07, 6.45) is 14.2. The van der Waals surface area contributed by atoms with E-state index in [1.54, 1.807) is 57.8 Å². The summed E-state index contributed by atoms with van der Waals surface area (Å²) < 4.78 is 0. The fraction of sp³-hybridized carbons (Fsp3) is 1.00. The second-order valence-electron chi connectivity index (χ2n) is 5.41. The highest BCUT2D eigenvalue weighted by molar-refractivity contribution is 5.01. The lowest BCUT2D eigenvalue weighted by molar-refractivity contribution is 0.193. The SMILES string of the molecule is C1CC2CCC3(CCCC3)C2C1. The molecule has 0 aromatic rings. The normalized spacial score (nSPS) is 44.0. The Kier molecular flexibility index (Phi) is 1.54. The lowest BCUT2D eigenvalue weighted by atomic mass is 9.75. The van der Waals surface area contributed by atoms with Crippen LogP contribution < -0.4 is 0 Å². The van der Waals surface area contributed by atoms with E-state index in [-0.39, 0.29) is 0 Å². The van der Waals surface area contributed by atoms with Gasteiger partial charge in [0.15, 0.2) is 0 Å². The minimum atomic E-state index is 0.890. The molecule has 0 aliphatic heterocycles. The van der Waals surface area contributed by atoms with E-state index in [1.165, 1.54) is 11.8 Å². The van der Waals surface area contributed by atoms with E-state index < -0.39 is 0 Å². The maximum atomic E-state index is 1.60. The van der Waals surface area contributed by atoms with Gasteiger partial charge >= 0.3 is 0 Å². The fourth-order valence-electron chi connectivity index (χ4n) is 4.55. The molecule has 3 aliphatic carbocycles. The van der Waals surface area contributed by atoms with E-state index >= 15 is 0 Å². The van der Waals surface area contributed by atoms with Gasteiger partial charge in [0.05, 0.1) is 0 Å². The summed E-state index contributed by atoms with van der Waals surface area (Å²) in [4.78, 5) is 0. The average Bonchev–Trinajstić information content (AvgIpc) is 2.76. The zero-order valence-corrected chi connectivity index (χ0v) is 8.02. The molecule has 3 aliphatic rings. The smallest absolute Gasteiger partial charge is 0.0266 e. The number of fused-ring (bicyclic) bond motifs is 2. The van der Waals surface area contributed by atoms with Crippen LogP contribution in [0.1, 0.15) is 57.8 Å². The molecule has 0 saturated heterocycles. The van der Waals surface area contributed by atoms with E-state index in [1.807, 2.05) is 0 Å². The van der Waals surface area contributed by atoms with Crippen molar-refractivity contribution >= 4 is 0 Å². The third-order valence-electron chi connectivity index (χ3n) is 5.06. The molecular formula is C12H20. The first-order valence-corrected chi connectivity index (χ1v) is 5.91. The van der Waals surface area contributed by atoms with E-state index in [0.29, 0.717) is 0 Å². The standard InChI is InChI=1S/C12H20/c1-2-8-12(7-1)9-6-10-4-3-5-11(10)12/h10-11H,1-9H2. The van der Waals surface area contributed by atoms with E-state index in [2.05, 4.69) is 0 Å². The van der Waals surface area contributed by atoms with Crippen LogP contribution >= 0.6 is 0 Å². The number of hydrogen-bond acceptors (Lipinski definition) is 0. The maximum absolute atomic E-state index is 1.60. The minimum Gasteiger partial charge on any atom is -0.0527 e. The molecule has 0 radical (unpaired) electrons. The zero-order valence-electron chi connectivity index (χ0n) is 8.02. The molecule has 0 nitrogen and oxygen atoms in total. The monoisotopic (exact) mass is 164 g/mol. The Balaban J connectivity index is 1.86. The summed E-state index contributed by atoms with van der Waals surface area (Å²) in [5, 5.41) is 0. The minimum absolute atomic E-state index is 0.890. The zero-order chi connectivity index (χ0) is 8.02. The van der Waals surface area contributed by atoms with Crippen molar-refractivity contribution in [2.75, 3.05) is 0 Å². The summed E-state index contributed by atoms with van der Waals surface area (Å²) in [5.74, 6) is 2.35. The van der Waals surface area contributed by atoms with Crippen LogP contribution in [0.2, 0.25) is 0 Å². The molecule has 0 heteroatoms. The highest BCUT2D eigenvalue weighted by Crippen LogP contribution is 2.61. The Morgan fingerprint density at radius 2 is 1.58 bits per heavy atom. The van der Waals surface area contributed by atoms with Crippen LogP contribution in [-0.4, -0.2) is 0 Å². The van der Waals surface area contributed by atoms with Crippen molar-refractivity contribution in [2.45, 2.75) is 57.8 Å². The Hall–Kier alpha value is 0. The molecule has 68 valence electrons. The summed E-state index contributed by atoms with van der Waals surface area (Å²) in [6, 6.07) is 0. The molecule has 0 heterocycles. The van der Waals surface area contributed by atoms with E-state index in [4.69, 9.17) is 0 Å². The van der Waals surface area contributed by atoms with Crippen molar-refractivity contribution in [3.05, 3.63) is 0 Å². The first-order valence-electron chi connectivity index (χ1n) is 5.91. The Morgan fingerprint density at radius 3 is 2.42 bits per heavy atom. The van der Waals surface area contributed by atoms with E-state index in [9.17, 15) is 0 Å². The topological polar surface area (TPSA) is 0 Å². The van der Waals surface area contributed by atoms with Crippen LogP contribution in [-0.2, 0) is 0 Å². The largest absolute Gasteiger partial charge is 0.0527 e. The van der Waals surface area contributed by atoms with Crippen molar-refractivity contribution in [2.24, 2.45) is 17.3 Å². The summed E-state index contributed by atoms with van der Waals surface area (Å²) in [5.41, 5.74) is 0.890. The van der Waals surface area contributed by atoms with Gasteiger partial charge in [-0.2, -0.15) is 0 Å². The molecule has 2 atom stereocenters. The van der Waals surface area contributed by atoms with Gasteiger partial charge in [-0.05, 0) is 49.4 Å². The van der Waals surface area contributed by atoms with Crippen molar-refractivity contribution < 1.29 is 0 Å². The summed E-state index contributed by atoms with van der Waals surface area (Å²) in [6.45, 7) is 0. The van der Waals surface area contributed by atoms with Crippen LogP contribution in [0.15, 0.2) is 0 Å². The van der Waals surface area contributed by atoms with Gasteiger partial charge in [-0.25, -0.2) is 0 Å². The van der Waals surface area contributed by atoms with Gasteiger partial charge in [-0.1, -0.05) is 25.7 Å². The first-order chi connectivity index (χ1) is 5.91. The Labute approximate surface area is 75.7 Å². The van der Waals surface area contributed by atoms with Gasteiger partial charge in [-0.15, -0.1) is 0 Å². The third kappa shape index (κ3) is 0.843. The molecule has 3 saturated carbocycles. The van der Waals surface area contributed by atoms with Gasteiger partial charge in [0, 0.05) is 0 Å². The Morgan fingerprint density at radius 1 is 0.750 bits per heavy atom. The van der Waals surface area contributed by atoms with Gasteiger partial charge < -0.3 is 0 Å². The second-order valence-corrected chi connectivity index (χ2v) is 5.41. The van der Waals surface area contributed by atoms with E-state index in [0.717, 1.165) is 5.41 Å². The molecule has 2 unspecified atom stereocenters. The fourth-order valence-corrected chi connectivity index (χ4v) is 4.55. The molecule has 0 bridgehead atoms. The quantitative estimate of drug-likeness (QED) is 0.511. The van der Waals surface area contributed by atoms with Gasteiger partial charge in [0.1, 0.15) is 0 Å². The van der Waals surface area contributed by atoms with Crippen LogP contribution in [0.4, 0.5) is 0 Å².